The molecule has 0 atom stereocenters. The lowest BCUT2D eigenvalue weighted by molar-refractivity contribution is 0.174. The number of nitrogens with one attached hydrogen (secondary N) is 1. The van der Waals surface area contributed by atoms with Crippen LogP contribution in [0.25, 0.3) is 11.4 Å². The minimum absolute atomic E-state index is 0.244. The first-order valence-corrected chi connectivity index (χ1v) is 5.38. The van der Waals surface area contributed by atoms with Crippen molar-refractivity contribution in [3.8, 4) is 22.9 Å². The van der Waals surface area contributed by atoms with Crippen LogP contribution in [0.2, 0.25) is 0 Å². The van der Waals surface area contributed by atoms with Gasteiger partial charge < -0.3 is 20.2 Å². The number of nitrogens with zero attached hydrogens (tertiary/aromatic N) is 1. The molecule has 0 bridgehead atoms. The SMILES string of the molecule is Cc1nc(-c2cc3c(cc2N)OCO3)[nH]c1C. The second kappa shape index (κ2) is 3.41. The van der Waals surface area contributed by atoms with E-state index in [1.165, 1.54) is 0 Å². The van der Waals surface area contributed by atoms with Gasteiger partial charge in [0, 0.05) is 23.0 Å². The maximum atomic E-state index is 5.99. The van der Waals surface area contributed by atoms with Crippen LogP contribution < -0.4 is 15.2 Å². The number of hydrogen-bond acceptors (Lipinski definition) is 4. The molecule has 0 radical (unpaired) electrons. The lowest BCUT2D eigenvalue weighted by Gasteiger charge is -2.04. The smallest absolute Gasteiger partial charge is 0.231 e. The fraction of sp³-hybridized carbons (Fsp3) is 0.250. The fourth-order valence-corrected chi connectivity index (χ4v) is 1.84. The number of imidazole rings is 1. The van der Waals surface area contributed by atoms with Crippen LogP contribution in [0.1, 0.15) is 11.4 Å². The van der Waals surface area contributed by atoms with Crippen LogP contribution in [-0.2, 0) is 0 Å². The number of aromatic nitrogens is 2. The van der Waals surface area contributed by atoms with Crippen LogP contribution in [0.5, 0.6) is 11.5 Å². The summed E-state index contributed by atoms with van der Waals surface area (Å²) in [5, 5.41) is 0. The standard InChI is InChI=1S/C12H13N3O2/c1-6-7(2)15-12(14-6)8-3-10-11(4-9(8)13)17-5-16-10/h3-4H,5,13H2,1-2H3,(H,14,15). The van der Waals surface area contributed by atoms with Crippen molar-refractivity contribution in [1.82, 2.24) is 9.97 Å². The molecule has 3 rings (SSSR count). The van der Waals surface area contributed by atoms with Gasteiger partial charge >= 0.3 is 0 Å². The van der Waals surface area contributed by atoms with Crippen LogP contribution in [0.15, 0.2) is 12.1 Å². The first-order valence-electron chi connectivity index (χ1n) is 5.38. The summed E-state index contributed by atoms with van der Waals surface area (Å²) >= 11 is 0. The van der Waals surface area contributed by atoms with Crippen LogP contribution in [0.4, 0.5) is 5.69 Å². The quantitative estimate of drug-likeness (QED) is 0.736. The Morgan fingerprint density at radius 1 is 1.24 bits per heavy atom. The Labute approximate surface area is 98.6 Å². The van der Waals surface area contributed by atoms with Gasteiger partial charge in [-0.2, -0.15) is 0 Å². The van der Waals surface area contributed by atoms with Gasteiger partial charge in [0.25, 0.3) is 0 Å². The maximum Gasteiger partial charge on any atom is 0.231 e. The zero-order valence-electron chi connectivity index (χ0n) is 9.70. The van der Waals surface area contributed by atoms with Crippen molar-refractivity contribution in [2.24, 2.45) is 0 Å². The molecule has 1 aromatic carbocycles. The van der Waals surface area contributed by atoms with Crippen molar-refractivity contribution in [1.29, 1.82) is 0 Å². The van der Waals surface area contributed by atoms with E-state index in [0.29, 0.717) is 17.2 Å². The van der Waals surface area contributed by atoms with Crippen LogP contribution in [-0.4, -0.2) is 16.8 Å². The molecule has 2 aromatic rings. The minimum Gasteiger partial charge on any atom is -0.454 e. The molecule has 5 nitrogen and oxygen atoms in total. The van der Waals surface area contributed by atoms with Gasteiger partial charge in [0.1, 0.15) is 5.82 Å². The zero-order chi connectivity index (χ0) is 12.0. The Hall–Kier alpha value is -2.17. The van der Waals surface area contributed by atoms with Crippen molar-refractivity contribution in [2.45, 2.75) is 13.8 Å². The van der Waals surface area contributed by atoms with Crippen LogP contribution in [0.3, 0.4) is 0 Å². The molecule has 0 unspecified atom stereocenters. The highest BCUT2D eigenvalue weighted by molar-refractivity contribution is 5.76. The lowest BCUT2D eigenvalue weighted by Crippen LogP contribution is -1.92. The van der Waals surface area contributed by atoms with Crippen LogP contribution in [0, 0.1) is 13.8 Å². The summed E-state index contributed by atoms with van der Waals surface area (Å²) in [6, 6.07) is 3.63. The molecule has 1 aliphatic rings. The normalized spacial score (nSPS) is 13.1. The molecule has 17 heavy (non-hydrogen) atoms. The van der Waals surface area contributed by atoms with Gasteiger partial charge in [0.15, 0.2) is 11.5 Å². The van der Waals surface area contributed by atoms with Crippen molar-refractivity contribution in [3.05, 3.63) is 23.5 Å². The van der Waals surface area contributed by atoms with Gasteiger partial charge in [-0.25, -0.2) is 4.98 Å². The number of aromatic amines is 1. The van der Waals surface area contributed by atoms with Gasteiger partial charge in [0.05, 0.1) is 5.69 Å². The summed E-state index contributed by atoms with van der Waals surface area (Å²) in [7, 11) is 0. The number of nitrogen functional groups attached to an aromatic ring is 1. The summed E-state index contributed by atoms with van der Waals surface area (Å²) in [5.74, 6) is 2.16. The second-order valence-electron chi connectivity index (χ2n) is 4.09. The molecular weight excluding hydrogens is 218 g/mol. The van der Waals surface area contributed by atoms with Gasteiger partial charge in [-0.1, -0.05) is 0 Å². The molecular formula is C12H13N3O2. The predicted octanol–water partition coefficient (Wildman–Crippen LogP) is 2.00. The molecule has 1 aliphatic heterocycles. The lowest BCUT2D eigenvalue weighted by atomic mass is 10.1. The van der Waals surface area contributed by atoms with Crippen molar-refractivity contribution in [3.63, 3.8) is 0 Å². The Kier molecular flexibility index (Phi) is 2.01. The molecule has 0 spiro atoms. The molecule has 5 heteroatoms. The highest BCUT2D eigenvalue weighted by Crippen LogP contribution is 2.39. The second-order valence-corrected chi connectivity index (χ2v) is 4.09. The first-order chi connectivity index (χ1) is 8.15. The number of aryl methyl sites for hydroxylation is 2. The molecule has 3 N–H and O–H groups in total. The predicted molar refractivity (Wildman–Crippen MR) is 64.0 cm³/mol. The summed E-state index contributed by atoms with van der Waals surface area (Å²) in [4.78, 5) is 7.64. The molecule has 0 saturated heterocycles. The first kappa shape index (κ1) is 10.0. The third-order valence-electron chi connectivity index (χ3n) is 2.93. The molecule has 1 aromatic heterocycles. The monoisotopic (exact) mass is 231 g/mol. The summed E-state index contributed by atoms with van der Waals surface area (Å²) in [6.07, 6.45) is 0. The van der Waals surface area contributed by atoms with E-state index in [2.05, 4.69) is 9.97 Å². The van der Waals surface area contributed by atoms with E-state index >= 15 is 0 Å². The van der Waals surface area contributed by atoms with Gasteiger partial charge in [-0.05, 0) is 19.9 Å². The third kappa shape index (κ3) is 1.51. The number of anilines is 1. The summed E-state index contributed by atoms with van der Waals surface area (Å²) < 4.78 is 10.6. The van der Waals surface area contributed by atoms with E-state index in [-0.39, 0.29) is 6.79 Å². The maximum absolute atomic E-state index is 5.99. The molecule has 88 valence electrons. The number of benzene rings is 1. The van der Waals surface area contributed by atoms with Gasteiger partial charge in [0.2, 0.25) is 6.79 Å². The van der Waals surface area contributed by atoms with Crippen molar-refractivity contribution in [2.75, 3.05) is 12.5 Å². The number of hydrogen-bond donors (Lipinski definition) is 2. The van der Waals surface area contributed by atoms with E-state index in [9.17, 15) is 0 Å². The minimum atomic E-state index is 0.244. The molecule has 0 amide bonds. The van der Waals surface area contributed by atoms with Gasteiger partial charge in [-0.3, -0.25) is 0 Å². The zero-order valence-corrected chi connectivity index (χ0v) is 9.70. The van der Waals surface area contributed by atoms with Crippen molar-refractivity contribution < 1.29 is 9.47 Å². The van der Waals surface area contributed by atoms with E-state index < -0.39 is 0 Å². The Morgan fingerprint density at radius 2 is 1.94 bits per heavy atom. The number of nitrogens with two attached hydrogens (primary N) is 1. The van der Waals surface area contributed by atoms with E-state index in [1.807, 2.05) is 19.9 Å². The third-order valence-corrected chi connectivity index (χ3v) is 2.93. The highest BCUT2D eigenvalue weighted by atomic mass is 16.7. The Morgan fingerprint density at radius 3 is 2.59 bits per heavy atom. The number of rotatable bonds is 1. The molecule has 0 fully saturated rings. The molecule has 2 heterocycles. The Balaban J connectivity index is 2.14. The molecule has 0 saturated carbocycles. The summed E-state index contributed by atoms with van der Waals surface area (Å²) in [5.41, 5.74) is 9.46. The van der Waals surface area contributed by atoms with E-state index in [1.54, 1.807) is 6.07 Å². The van der Waals surface area contributed by atoms with E-state index in [0.717, 1.165) is 22.8 Å². The number of fused-ring (bicyclic) bond motifs is 1. The van der Waals surface area contributed by atoms with E-state index in [4.69, 9.17) is 15.2 Å². The summed E-state index contributed by atoms with van der Waals surface area (Å²) in [6.45, 7) is 4.18. The number of H-pyrrole nitrogens is 1. The topological polar surface area (TPSA) is 73.2 Å². The average Bonchev–Trinajstić information content (AvgIpc) is 2.85. The van der Waals surface area contributed by atoms with Gasteiger partial charge in [-0.15, -0.1) is 0 Å². The number of ether oxygens (including phenoxy) is 2. The molecule has 0 aliphatic carbocycles. The van der Waals surface area contributed by atoms with Crippen LogP contribution >= 0.6 is 0 Å². The largest absolute Gasteiger partial charge is 0.454 e. The average molecular weight is 231 g/mol. The highest BCUT2D eigenvalue weighted by Gasteiger charge is 2.18. The Bertz CT molecular complexity index is 570. The van der Waals surface area contributed by atoms with Crippen molar-refractivity contribution >= 4 is 5.69 Å². The fourth-order valence-electron chi connectivity index (χ4n) is 1.84.